The summed E-state index contributed by atoms with van der Waals surface area (Å²) in [6.07, 6.45) is 3.15. The number of rotatable bonds is 4. The van der Waals surface area contributed by atoms with E-state index in [4.69, 9.17) is 0 Å². The third-order valence-corrected chi connectivity index (χ3v) is 4.09. The van der Waals surface area contributed by atoms with Crippen molar-refractivity contribution in [2.75, 3.05) is 0 Å². The molecule has 0 saturated heterocycles. The Morgan fingerprint density at radius 3 is 2.72 bits per heavy atom. The van der Waals surface area contributed by atoms with Crippen molar-refractivity contribution in [3.05, 3.63) is 42.2 Å². The first-order valence-corrected chi connectivity index (χ1v) is 6.78. The van der Waals surface area contributed by atoms with Gasteiger partial charge in [0.05, 0.1) is 6.20 Å². The van der Waals surface area contributed by atoms with E-state index in [9.17, 15) is 13.5 Å². The molecule has 3 N–H and O–H groups in total. The highest BCUT2D eigenvalue weighted by Crippen LogP contribution is 2.23. The first-order chi connectivity index (χ1) is 8.50. The fourth-order valence-electron chi connectivity index (χ4n) is 1.55. The molecule has 0 fully saturated rings. The van der Waals surface area contributed by atoms with Crippen molar-refractivity contribution >= 4 is 10.0 Å². The number of aromatic amines is 1. The number of aromatic hydroxyl groups is 1. The van der Waals surface area contributed by atoms with Gasteiger partial charge in [0, 0.05) is 17.8 Å². The molecule has 1 heterocycles. The molecule has 1 aromatic heterocycles. The maximum atomic E-state index is 12.1. The monoisotopic (exact) mass is 267 g/mol. The molecule has 0 bridgehead atoms. The second-order valence-corrected chi connectivity index (χ2v) is 5.52. The smallest absolute Gasteiger partial charge is 0.244 e. The van der Waals surface area contributed by atoms with Crippen LogP contribution in [-0.2, 0) is 10.0 Å². The second kappa shape index (κ2) is 4.79. The molecule has 0 saturated carbocycles. The molecule has 0 amide bonds. The molecule has 0 aliphatic rings. The third-order valence-electron chi connectivity index (χ3n) is 2.51. The Morgan fingerprint density at radius 2 is 2.11 bits per heavy atom. The number of hydrogen-bond acceptors (Lipinski definition) is 4. The van der Waals surface area contributed by atoms with E-state index in [1.54, 1.807) is 25.3 Å². The van der Waals surface area contributed by atoms with Crippen molar-refractivity contribution in [2.24, 2.45) is 0 Å². The lowest BCUT2D eigenvalue weighted by molar-refractivity contribution is 0.457. The van der Waals surface area contributed by atoms with Gasteiger partial charge < -0.3 is 5.11 Å². The number of para-hydroxylation sites is 1. The van der Waals surface area contributed by atoms with E-state index in [0.717, 1.165) is 0 Å². The van der Waals surface area contributed by atoms with E-state index in [1.165, 1.54) is 18.3 Å². The Hall–Kier alpha value is -1.86. The minimum absolute atomic E-state index is 0.139. The number of benzene rings is 1. The van der Waals surface area contributed by atoms with E-state index in [2.05, 4.69) is 14.9 Å². The fourth-order valence-corrected chi connectivity index (χ4v) is 2.88. The number of sulfonamides is 1. The van der Waals surface area contributed by atoms with Gasteiger partial charge in [-0.15, -0.1) is 0 Å². The topological polar surface area (TPSA) is 95.1 Å². The summed E-state index contributed by atoms with van der Waals surface area (Å²) < 4.78 is 26.6. The van der Waals surface area contributed by atoms with E-state index >= 15 is 0 Å². The van der Waals surface area contributed by atoms with E-state index in [-0.39, 0.29) is 10.6 Å². The van der Waals surface area contributed by atoms with Crippen LogP contribution in [0, 0.1) is 0 Å². The van der Waals surface area contributed by atoms with Crippen molar-refractivity contribution in [3.8, 4) is 5.75 Å². The normalized spacial score (nSPS) is 13.4. The van der Waals surface area contributed by atoms with Crippen molar-refractivity contribution in [1.82, 2.24) is 14.9 Å². The highest BCUT2D eigenvalue weighted by atomic mass is 32.2. The Labute approximate surface area is 105 Å². The van der Waals surface area contributed by atoms with E-state index < -0.39 is 16.1 Å². The molecule has 1 unspecified atom stereocenters. The van der Waals surface area contributed by atoms with Crippen LogP contribution in [0.25, 0.3) is 0 Å². The van der Waals surface area contributed by atoms with Gasteiger partial charge in [0.25, 0.3) is 0 Å². The van der Waals surface area contributed by atoms with Crippen LogP contribution in [0.15, 0.2) is 41.6 Å². The maximum absolute atomic E-state index is 12.1. The Bertz CT molecular complexity index is 623. The molecule has 2 aromatic rings. The molecule has 0 aliphatic carbocycles. The predicted molar refractivity (Wildman–Crippen MR) is 65.4 cm³/mol. The summed E-state index contributed by atoms with van der Waals surface area (Å²) in [5.41, 5.74) is 0.717. The van der Waals surface area contributed by atoms with Crippen LogP contribution in [0.4, 0.5) is 0 Å². The van der Waals surface area contributed by atoms with Gasteiger partial charge in [0.15, 0.2) is 0 Å². The number of aromatic nitrogens is 2. The zero-order valence-electron chi connectivity index (χ0n) is 9.66. The van der Waals surface area contributed by atoms with E-state index in [0.29, 0.717) is 5.56 Å². The summed E-state index contributed by atoms with van der Waals surface area (Å²) in [6.45, 7) is 1.70. The lowest BCUT2D eigenvalue weighted by Crippen LogP contribution is -2.26. The highest BCUT2D eigenvalue weighted by molar-refractivity contribution is 7.89. The first-order valence-electron chi connectivity index (χ1n) is 5.30. The summed E-state index contributed by atoms with van der Waals surface area (Å²) in [7, 11) is -3.76. The molecule has 7 heteroatoms. The minimum atomic E-state index is -3.76. The van der Waals surface area contributed by atoms with E-state index in [1.807, 2.05) is 0 Å². The van der Waals surface area contributed by atoms with Gasteiger partial charge in [0.1, 0.15) is 10.6 Å². The highest BCUT2D eigenvalue weighted by Gasteiger charge is 2.21. The number of nitrogens with zero attached hydrogens (tertiary/aromatic N) is 1. The Balaban J connectivity index is 2.26. The van der Waals surface area contributed by atoms with Crippen LogP contribution in [0.2, 0.25) is 0 Å². The van der Waals surface area contributed by atoms with Crippen molar-refractivity contribution in [2.45, 2.75) is 17.9 Å². The lowest BCUT2D eigenvalue weighted by Gasteiger charge is -2.13. The summed E-state index contributed by atoms with van der Waals surface area (Å²) in [4.78, 5) is -0.139. The molecule has 1 aromatic carbocycles. The van der Waals surface area contributed by atoms with Gasteiger partial charge in [-0.2, -0.15) is 5.10 Å². The molecular formula is C11H13N3O3S. The van der Waals surface area contributed by atoms with Gasteiger partial charge in [-0.1, -0.05) is 12.1 Å². The van der Waals surface area contributed by atoms with Crippen molar-refractivity contribution < 1.29 is 13.5 Å². The summed E-state index contributed by atoms with van der Waals surface area (Å²) in [6, 6.07) is 5.36. The van der Waals surface area contributed by atoms with Crippen molar-refractivity contribution in [1.29, 1.82) is 0 Å². The number of hydrogen-bond donors (Lipinski definition) is 3. The molecule has 1 atom stereocenters. The van der Waals surface area contributed by atoms with Crippen LogP contribution in [0.5, 0.6) is 5.75 Å². The standard InChI is InChI=1S/C11H13N3O3S/c1-8(9-6-12-13-7-9)14-18(16,17)11-5-3-2-4-10(11)15/h2-8,14-15H,1H3,(H,12,13). The zero-order valence-corrected chi connectivity index (χ0v) is 10.5. The van der Waals surface area contributed by atoms with Gasteiger partial charge in [-0.3, -0.25) is 5.10 Å². The Morgan fingerprint density at radius 1 is 1.39 bits per heavy atom. The molecule has 0 aliphatic heterocycles. The first kappa shape index (κ1) is 12.6. The molecule has 96 valence electrons. The van der Waals surface area contributed by atoms with Gasteiger partial charge in [-0.05, 0) is 19.1 Å². The molecule has 18 heavy (non-hydrogen) atoms. The molecular weight excluding hydrogens is 254 g/mol. The largest absolute Gasteiger partial charge is 0.507 e. The average molecular weight is 267 g/mol. The second-order valence-electron chi connectivity index (χ2n) is 3.84. The minimum Gasteiger partial charge on any atom is -0.507 e. The van der Waals surface area contributed by atoms with Crippen LogP contribution in [0.3, 0.4) is 0 Å². The quantitative estimate of drug-likeness (QED) is 0.774. The molecule has 2 rings (SSSR count). The van der Waals surface area contributed by atoms with Gasteiger partial charge >= 0.3 is 0 Å². The number of H-pyrrole nitrogens is 1. The summed E-state index contributed by atoms with van der Waals surface area (Å²) >= 11 is 0. The summed E-state index contributed by atoms with van der Waals surface area (Å²) in [5, 5.41) is 15.9. The van der Waals surface area contributed by atoms with Crippen molar-refractivity contribution in [3.63, 3.8) is 0 Å². The Kier molecular flexibility index (Phi) is 3.35. The SMILES string of the molecule is CC(NS(=O)(=O)c1ccccc1O)c1cn[nH]c1. The van der Waals surface area contributed by atoms with Gasteiger partial charge in [0.2, 0.25) is 10.0 Å². The lowest BCUT2D eigenvalue weighted by atomic mass is 10.2. The van der Waals surface area contributed by atoms with Crippen LogP contribution in [-0.4, -0.2) is 23.7 Å². The number of nitrogens with one attached hydrogen (secondary N) is 2. The summed E-state index contributed by atoms with van der Waals surface area (Å²) in [5.74, 6) is -0.274. The zero-order chi connectivity index (χ0) is 13.2. The van der Waals surface area contributed by atoms with Gasteiger partial charge in [-0.25, -0.2) is 13.1 Å². The third kappa shape index (κ3) is 2.52. The predicted octanol–water partition coefficient (Wildman–Crippen LogP) is 1.15. The van der Waals surface area contributed by atoms with Crippen LogP contribution in [0.1, 0.15) is 18.5 Å². The average Bonchev–Trinajstić information content (AvgIpc) is 2.82. The molecule has 6 nitrogen and oxygen atoms in total. The maximum Gasteiger partial charge on any atom is 0.244 e. The van der Waals surface area contributed by atoms with Crippen LogP contribution < -0.4 is 4.72 Å². The fraction of sp³-hybridized carbons (Fsp3) is 0.182. The van der Waals surface area contributed by atoms with Crippen LogP contribution >= 0.6 is 0 Å². The molecule has 0 radical (unpaired) electrons. The molecule has 0 spiro atoms. The number of phenols is 1. The number of phenolic OH excluding ortho intramolecular Hbond substituents is 1.